The van der Waals surface area contributed by atoms with Crippen LogP contribution in [0.4, 0.5) is 0 Å². The molecular weight excluding hydrogens is 374 g/mol. The van der Waals surface area contributed by atoms with Gasteiger partial charge in [-0.15, -0.1) is 11.8 Å². The van der Waals surface area contributed by atoms with Crippen molar-refractivity contribution in [1.82, 2.24) is 14.9 Å². The van der Waals surface area contributed by atoms with Crippen LogP contribution < -0.4 is 14.8 Å². The number of methoxy groups -OCH3 is 2. The second-order valence-corrected chi connectivity index (χ2v) is 7.55. The fourth-order valence-electron chi connectivity index (χ4n) is 2.68. The molecule has 3 aromatic rings. The van der Waals surface area contributed by atoms with E-state index >= 15 is 0 Å². The maximum absolute atomic E-state index is 12.5. The minimum Gasteiger partial charge on any atom is -0.493 e. The molecule has 6 nitrogen and oxygen atoms in total. The minimum atomic E-state index is -0.233. The van der Waals surface area contributed by atoms with Crippen molar-refractivity contribution in [3.63, 3.8) is 0 Å². The van der Waals surface area contributed by atoms with Gasteiger partial charge in [0.2, 0.25) is 5.91 Å². The van der Waals surface area contributed by atoms with E-state index in [-0.39, 0.29) is 11.2 Å². The van der Waals surface area contributed by atoms with E-state index in [4.69, 9.17) is 9.47 Å². The van der Waals surface area contributed by atoms with Crippen molar-refractivity contribution in [3.05, 3.63) is 66.7 Å². The molecular formula is C21H23N3O3S. The van der Waals surface area contributed by atoms with Gasteiger partial charge in [0.1, 0.15) is 0 Å². The van der Waals surface area contributed by atoms with Gasteiger partial charge in [0.05, 0.1) is 25.8 Å². The van der Waals surface area contributed by atoms with Crippen LogP contribution in [0.5, 0.6) is 11.5 Å². The molecule has 146 valence electrons. The van der Waals surface area contributed by atoms with Gasteiger partial charge in [0.25, 0.3) is 0 Å². The normalized spacial score (nSPS) is 11.7. The van der Waals surface area contributed by atoms with Crippen LogP contribution in [0.1, 0.15) is 12.5 Å². The van der Waals surface area contributed by atoms with Gasteiger partial charge in [-0.05, 0) is 42.8 Å². The molecule has 0 aliphatic heterocycles. The number of amides is 1. The summed E-state index contributed by atoms with van der Waals surface area (Å²) in [4.78, 5) is 17.4. The quantitative estimate of drug-likeness (QED) is 0.588. The van der Waals surface area contributed by atoms with Gasteiger partial charge >= 0.3 is 0 Å². The average Bonchev–Trinajstić information content (AvgIpc) is 3.27. The molecule has 1 aromatic heterocycles. The van der Waals surface area contributed by atoms with Crippen LogP contribution in [0, 0.1) is 0 Å². The lowest BCUT2D eigenvalue weighted by Crippen LogP contribution is -2.30. The number of carbonyl (C=O) groups is 1. The first-order valence-electron chi connectivity index (χ1n) is 8.84. The van der Waals surface area contributed by atoms with Gasteiger partial charge in [0, 0.05) is 29.5 Å². The van der Waals surface area contributed by atoms with E-state index in [1.807, 2.05) is 60.2 Å². The molecule has 3 rings (SSSR count). The van der Waals surface area contributed by atoms with Crippen LogP contribution >= 0.6 is 11.8 Å². The number of hydrogen-bond acceptors (Lipinski definition) is 5. The molecule has 1 amide bonds. The molecule has 2 aromatic carbocycles. The zero-order valence-corrected chi connectivity index (χ0v) is 16.9. The summed E-state index contributed by atoms with van der Waals surface area (Å²) in [6.45, 7) is 2.37. The Kier molecular flexibility index (Phi) is 6.60. The highest BCUT2D eigenvalue weighted by atomic mass is 32.2. The molecule has 7 heteroatoms. The third-order valence-corrected chi connectivity index (χ3v) is 5.34. The Morgan fingerprint density at radius 2 is 1.89 bits per heavy atom. The molecule has 0 radical (unpaired) electrons. The van der Waals surface area contributed by atoms with Crippen LogP contribution in [-0.4, -0.2) is 34.9 Å². The molecule has 0 unspecified atom stereocenters. The van der Waals surface area contributed by atoms with Crippen molar-refractivity contribution < 1.29 is 14.3 Å². The molecule has 0 bridgehead atoms. The van der Waals surface area contributed by atoms with Crippen LogP contribution in [0.3, 0.4) is 0 Å². The van der Waals surface area contributed by atoms with Crippen molar-refractivity contribution in [2.24, 2.45) is 0 Å². The maximum Gasteiger partial charge on any atom is 0.233 e. The van der Waals surface area contributed by atoms with Crippen molar-refractivity contribution >= 4 is 17.7 Å². The number of carbonyl (C=O) groups excluding carboxylic acids is 1. The number of nitrogens with zero attached hydrogens (tertiary/aromatic N) is 2. The Labute approximate surface area is 168 Å². The monoisotopic (exact) mass is 397 g/mol. The summed E-state index contributed by atoms with van der Waals surface area (Å²) in [6, 6.07) is 13.7. The number of benzene rings is 2. The van der Waals surface area contributed by atoms with Crippen molar-refractivity contribution in [2.45, 2.75) is 23.6 Å². The molecule has 0 aliphatic carbocycles. The molecule has 1 atom stereocenters. The molecule has 1 heterocycles. The second-order valence-electron chi connectivity index (χ2n) is 6.13. The molecule has 0 saturated carbocycles. The van der Waals surface area contributed by atoms with Crippen molar-refractivity contribution in [3.8, 4) is 17.2 Å². The minimum absolute atomic E-state index is 0.0153. The lowest BCUT2D eigenvalue weighted by atomic mass is 10.2. The number of rotatable bonds is 8. The summed E-state index contributed by atoms with van der Waals surface area (Å²) >= 11 is 1.48. The van der Waals surface area contributed by atoms with Gasteiger partial charge in [-0.25, -0.2) is 4.98 Å². The molecule has 28 heavy (non-hydrogen) atoms. The van der Waals surface area contributed by atoms with Crippen LogP contribution in [0.2, 0.25) is 0 Å². The number of hydrogen-bond donors (Lipinski definition) is 1. The third-order valence-electron chi connectivity index (χ3n) is 4.24. The summed E-state index contributed by atoms with van der Waals surface area (Å²) in [5.41, 5.74) is 2.07. The summed E-state index contributed by atoms with van der Waals surface area (Å²) in [5.74, 6) is 1.31. The number of thioether (sulfide) groups is 1. The summed E-state index contributed by atoms with van der Waals surface area (Å²) in [7, 11) is 3.20. The van der Waals surface area contributed by atoms with Crippen molar-refractivity contribution in [2.75, 3.05) is 14.2 Å². The lowest BCUT2D eigenvalue weighted by Gasteiger charge is -2.14. The predicted molar refractivity (Wildman–Crippen MR) is 110 cm³/mol. The average molecular weight is 398 g/mol. The summed E-state index contributed by atoms with van der Waals surface area (Å²) < 4.78 is 12.5. The fourth-order valence-corrected chi connectivity index (χ4v) is 3.60. The van der Waals surface area contributed by atoms with Gasteiger partial charge in [-0.1, -0.05) is 12.1 Å². The Morgan fingerprint density at radius 3 is 2.54 bits per heavy atom. The number of nitrogens with one attached hydrogen (secondary N) is 1. The Morgan fingerprint density at radius 1 is 1.14 bits per heavy atom. The lowest BCUT2D eigenvalue weighted by molar-refractivity contribution is -0.120. The topological polar surface area (TPSA) is 65.4 Å². The molecule has 0 aliphatic rings. The highest BCUT2D eigenvalue weighted by Gasteiger charge is 2.15. The number of ether oxygens (including phenoxy) is 2. The highest BCUT2D eigenvalue weighted by Crippen LogP contribution is 2.33. The molecule has 1 N–H and O–H groups in total. The second kappa shape index (κ2) is 9.32. The zero-order valence-electron chi connectivity index (χ0n) is 16.1. The van der Waals surface area contributed by atoms with Gasteiger partial charge in [-0.2, -0.15) is 0 Å². The third kappa shape index (κ3) is 4.86. The number of aromatic nitrogens is 2. The summed E-state index contributed by atoms with van der Waals surface area (Å²) in [5, 5.41) is 2.76. The maximum atomic E-state index is 12.5. The van der Waals surface area contributed by atoms with Crippen LogP contribution in [-0.2, 0) is 11.3 Å². The van der Waals surface area contributed by atoms with E-state index < -0.39 is 0 Å². The first kappa shape index (κ1) is 19.8. The zero-order chi connectivity index (χ0) is 19.9. The van der Waals surface area contributed by atoms with Gasteiger partial charge < -0.3 is 19.4 Å². The van der Waals surface area contributed by atoms with Gasteiger partial charge in [0.15, 0.2) is 11.5 Å². The largest absolute Gasteiger partial charge is 0.493 e. The standard InChI is InChI=1S/C21H23N3O3S/c1-15(28-18-8-9-19(26-2)20(12-18)27-3)21(25)23-13-16-4-6-17(7-5-16)24-11-10-22-14-24/h4-12,14-15H,13H2,1-3H3,(H,23,25)/t15-/m1/s1. The Balaban J connectivity index is 1.54. The van der Waals surface area contributed by atoms with Crippen molar-refractivity contribution in [1.29, 1.82) is 0 Å². The molecule has 0 spiro atoms. The highest BCUT2D eigenvalue weighted by molar-refractivity contribution is 8.00. The predicted octanol–water partition coefficient (Wildman–Crippen LogP) is 3.69. The van der Waals surface area contributed by atoms with E-state index in [1.54, 1.807) is 26.7 Å². The first-order valence-corrected chi connectivity index (χ1v) is 9.72. The van der Waals surface area contributed by atoms with Crippen LogP contribution in [0.25, 0.3) is 5.69 Å². The number of imidazole rings is 1. The van der Waals surface area contributed by atoms with E-state index in [0.29, 0.717) is 18.0 Å². The van der Waals surface area contributed by atoms with Crippen LogP contribution in [0.15, 0.2) is 66.1 Å². The molecule has 0 saturated heterocycles. The first-order chi connectivity index (χ1) is 13.6. The van der Waals surface area contributed by atoms with E-state index in [2.05, 4.69) is 10.3 Å². The molecule has 0 fully saturated rings. The smallest absolute Gasteiger partial charge is 0.233 e. The SMILES string of the molecule is COc1ccc(S[C@H](C)C(=O)NCc2ccc(-n3ccnc3)cc2)cc1OC. The Hall–Kier alpha value is -2.93. The van der Waals surface area contributed by atoms with E-state index in [9.17, 15) is 4.79 Å². The summed E-state index contributed by atoms with van der Waals surface area (Å²) in [6.07, 6.45) is 5.39. The van der Waals surface area contributed by atoms with E-state index in [1.165, 1.54) is 11.8 Å². The Bertz CT molecular complexity index is 911. The van der Waals surface area contributed by atoms with Gasteiger partial charge in [-0.3, -0.25) is 4.79 Å². The fraction of sp³-hybridized carbons (Fsp3) is 0.238. The van der Waals surface area contributed by atoms with E-state index in [0.717, 1.165) is 16.1 Å².